The van der Waals surface area contributed by atoms with Gasteiger partial charge in [-0.1, -0.05) is 35.9 Å². The van der Waals surface area contributed by atoms with E-state index in [1.165, 1.54) is 0 Å². The number of fused-ring (bicyclic) bond motifs is 1. The smallest absolute Gasteiger partial charge is 0.161 e. The highest BCUT2D eigenvalue weighted by Crippen LogP contribution is 2.33. The van der Waals surface area contributed by atoms with Gasteiger partial charge in [-0.15, -0.1) is 11.3 Å². The van der Waals surface area contributed by atoms with E-state index in [9.17, 15) is 5.11 Å². The van der Waals surface area contributed by atoms with Gasteiger partial charge in [-0.3, -0.25) is 0 Å². The minimum Gasteiger partial charge on any atom is -0.504 e. The topological polar surface area (TPSA) is 29.5 Å². The first kappa shape index (κ1) is 12.3. The molecule has 0 aliphatic heterocycles. The molecule has 1 heterocycles. The summed E-state index contributed by atoms with van der Waals surface area (Å²) in [6.45, 7) is 0.415. The summed E-state index contributed by atoms with van der Waals surface area (Å²) in [5, 5.41) is 13.6. The Morgan fingerprint density at radius 3 is 2.79 bits per heavy atom. The number of halogens is 1. The lowest BCUT2D eigenvalue weighted by atomic mass is 10.2. The Hall–Kier alpha value is -1.71. The normalized spacial score (nSPS) is 10.8. The number of aromatic hydroxyl groups is 1. The zero-order valence-corrected chi connectivity index (χ0v) is 11.5. The largest absolute Gasteiger partial charge is 0.504 e. The molecule has 2 nitrogen and oxygen atoms in total. The molecule has 0 bridgehead atoms. The highest BCUT2D eigenvalue weighted by molar-refractivity contribution is 7.18. The zero-order chi connectivity index (χ0) is 13.2. The number of thiophene rings is 1. The molecule has 4 heteroatoms. The number of para-hydroxylation sites is 2. The van der Waals surface area contributed by atoms with Crippen molar-refractivity contribution < 1.29 is 9.84 Å². The van der Waals surface area contributed by atoms with Gasteiger partial charge in [0.2, 0.25) is 0 Å². The number of benzene rings is 2. The third-order valence-electron chi connectivity index (χ3n) is 2.88. The Labute approximate surface area is 119 Å². The monoisotopic (exact) mass is 290 g/mol. The second-order valence-electron chi connectivity index (χ2n) is 4.13. The van der Waals surface area contributed by atoms with E-state index in [1.807, 2.05) is 29.6 Å². The van der Waals surface area contributed by atoms with E-state index >= 15 is 0 Å². The average molecular weight is 291 g/mol. The summed E-state index contributed by atoms with van der Waals surface area (Å²) in [5.41, 5.74) is 1.07. The number of ether oxygens (including phenoxy) is 1. The Kier molecular flexibility index (Phi) is 3.32. The molecule has 1 N–H and O–H groups in total. The van der Waals surface area contributed by atoms with Crippen LogP contribution in [0.2, 0.25) is 5.02 Å². The van der Waals surface area contributed by atoms with Crippen LogP contribution in [0.15, 0.2) is 47.8 Å². The molecule has 0 aliphatic rings. The zero-order valence-electron chi connectivity index (χ0n) is 9.97. The molecule has 0 radical (unpaired) electrons. The molecule has 0 fully saturated rings. The molecule has 96 valence electrons. The lowest BCUT2D eigenvalue weighted by Gasteiger charge is -2.07. The van der Waals surface area contributed by atoms with E-state index in [1.54, 1.807) is 29.5 Å². The van der Waals surface area contributed by atoms with Crippen molar-refractivity contribution in [2.45, 2.75) is 6.61 Å². The van der Waals surface area contributed by atoms with Gasteiger partial charge in [-0.25, -0.2) is 0 Å². The Morgan fingerprint density at radius 1 is 1.11 bits per heavy atom. The summed E-state index contributed by atoms with van der Waals surface area (Å²) in [6, 6.07) is 12.8. The van der Waals surface area contributed by atoms with E-state index in [-0.39, 0.29) is 5.75 Å². The standard InChI is InChI=1S/C15H11ClO2S/c16-12-5-3-4-11-10(9-19-15(11)12)8-18-14-7-2-1-6-13(14)17/h1-7,9,17H,8H2. The summed E-state index contributed by atoms with van der Waals surface area (Å²) in [4.78, 5) is 0. The first-order valence-corrected chi connectivity index (χ1v) is 7.07. The van der Waals surface area contributed by atoms with Crippen LogP contribution in [0.4, 0.5) is 0 Å². The molecule has 2 aromatic carbocycles. The summed E-state index contributed by atoms with van der Waals surface area (Å²) < 4.78 is 6.71. The molecule has 3 rings (SSSR count). The summed E-state index contributed by atoms with van der Waals surface area (Å²) in [6.07, 6.45) is 0. The minimum atomic E-state index is 0.153. The fraction of sp³-hybridized carbons (Fsp3) is 0.0667. The lowest BCUT2D eigenvalue weighted by molar-refractivity contribution is 0.290. The van der Waals surface area contributed by atoms with E-state index < -0.39 is 0 Å². The van der Waals surface area contributed by atoms with Crippen LogP contribution < -0.4 is 4.74 Å². The average Bonchev–Trinajstić information content (AvgIpc) is 2.83. The molecule has 0 spiro atoms. The van der Waals surface area contributed by atoms with Crippen molar-refractivity contribution in [3.05, 3.63) is 58.4 Å². The maximum absolute atomic E-state index is 9.65. The van der Waals surface area contributed by atoms with E-state index in [2.05, 4.69) is 0 Å². The first-order chi connectivity index (χ1) is 9.25. The molecular weight excluding hydrogens is 280 g/mol. The van der Waals surface area contributed by atoms with Crippen molar-refractivity contribution in [3.8, 4) is 11.5 Å². The quantitative estimate of drug-likeness (QED) is 0.748. The van der Waals surface area contributed by atoms with Crippen molar-refractivity contribution in [1.29, 1.82) is 0 Å². The molecule has 0 amide bonds. The Balaban J connectivity index is 1.87. The van der Waals surface area contributed by atoms with Crippen LogP contribution in [0.3, 0.4) is 0 Å². The van der Waals surface area contributed by atoms with Gasteiger partial charge in [-0.2, -0.15) is 0 Å². The number of phenols is 1. The van der Waals surface area contributed by atoms with Crippen LogP contribution in [-0.2, 0) is 6.61 Å². The third-order valence-corrected chi connectivity index (χ3v) is 4.39. The second-order valence-corrected chi connectivity index (χ2v) is 5.42. The Bertz CT molecular complexity index is 721. The molecule has 0 atom stereocenters. The SMILES string of the molecule is Oc1ccccc1OCc1csc2c(Cl)cccc12. The van der Waals surface area contributed by atoms with Gasteiger partial charge in [0, 0.05) is 10.9 Å². The molecular formula is C15H11ClO2S. The number of phenolic OH excluding ortho intramolecular Hbond substituents is 1. The van der Waals surface area contributed by atoms with E-state index in [0.29, 0.717) is 12.4 Å². The van der Waals surface area contributed by atoms with Crippen LogP contribution in [0.25, 0.3) is 10.1 Å². The van der Waals surface area contributed by atoms with Gasteiger partial charge in [0.1, 0.15) is 6.61 Å². The molecule has 0 saturated heterocycles. The second kappa shape index (κ2) is 5.11. The molecule has 1 aromatic heterocycles. The van der Waals surface area contributed by atoms with Crippen LogP contribution in [0.1, 0.15) is 5.56 Å². The molecule has 19 heavy (non-hydrogen) atoms. The molecule has 3 aromatic rings. The predicted molar refractivity (Wildman–Crippen MR) is 79.3 cm³/mol. The summed E-state index contributed by atoms with van der Waals surface area (Å²) in [7, 11) is 0. The number of hydrogen-bond donors (Lipinski definition) is 1. The third kappa shape index (κ3) is 2.39. The van der Waals surface area contributed by atoms with Crippen LogP contribution in [-0.4, -0.2) is 5.11 Å². The van der Waals surface area contributed by atoms with Crippen LogP contribution in [0.5, 0.6) is 11.5 Å². The van der Waals surface area contributed by atoms with Gasteiger partial charge in [0.15, 0.2) is 11.5 Å². The van der Waals surface area contributed by atoms with Crippen molar-refractivity contribution in [1.82, 2.24) is 0 Å². The van der Waals surface area contributed by atoms with E-state index in [0.717, 1.165) is 20.7 Å². The van der Waals surface area contributed by atoms with E-state index in [4.69, 9.17) is 16.3 Å². The summed E-state index contributed by atoms with van der Waals surface area (Å²) >= 11 is 7.75. The van der Waals surface area contributed by atoms with Gasteiger partial charge >= 0.3 is 0 Å². The van der Waals surface area contributed by atoms with Crippen molar-refractivity contribution in [2.24, 2.45) is 0 Å². The maximum Gasteiger partial charge on any atom is 0.161 e. The first-order valence-electron chi connectivity index (χ1n) is 5.81. The number of rotatable bonds is 3. The van der Waals surface area contributed by atoms with Gasteiger partial charge in [0.05, 0.1) is 9.72 Å². The molecule has 0 saturated carbocycles. The fourth-order valence-corrected chi connectivity index (χ4v) is 3.19. The van der Waals surface area contributed by atoms with Crippen molar-refractivity contribution in [3.63, 3.8) is 0 Å². The number of hydrogen-bond acceptors (Lipinski definition) is 3. The fourth-order valence-electron chi connectivity index (χ4n) is 1.92. The van der Waals surface area contributed by atoms with Gasteiger partial charge < -0.3 is 9.84 Å². The van der Waals surface area contributed by atoms with Crippen LogP contribution >= 0.6 is 22.9 Å². The predicted octanol–water partition coefficient (Wildman–Crippen LogP) is 4.84. The summed E-state index contributed by atoms with van der Waals surface area (Å²) in [5.74, 6) is 0.643. The molecule has 0 aliphatic carbocycles. The van der Waals surface area contributed by atoms with Gasteiger partial charge in [0.25, 0.3) is 0 Å². The highest BCUT2D eigenvalue weighted by atomic mass is 35.5. The Morgan fingerprint density at radius 2 is 1.95 bits per heavy atom. The van der Waals surface area contributed by atoms with Crippen LogP contribution in [0, 0.1) is 0 Å². The maximum atomic E-state index is 9.65. The van der Waals surface area contributed by atoms with Gasteiger partial charge in [-0.05, 0) is 23.6 Å². The van der Waals surface area contributed by atoms with Crippen molar-refractivity contribution >= 4 is 33.0 Å². The molecule has 0 unspecified atom stereocenters. The minimum absolute atomic E-state index is 0.153. The van der Waals surface area contributed by atoms with Crippen molar-refractivity contribution in [2.75, 3.05) is 0 Å². The highest BCUT2D eigenvalue weighted by Gasteiger charge is 2.08. The lowest BCUT2D eigenvalue weighted by Crippen LogP contribution is -1.94.